The summed E-state index contributed by atoms with van der Waals surface area (Å²) in [6.45, 7) is 6.07. The minimum atomic E-state index is 0.0400. The van der Waals surface area contributed by atoms with E-state index in [1.165, 1.54) is 18.6 Å². The Balaban J connectivity index is 3.55. The van der Waals surface area contributed by atoms with E-state index in [2.05, 4.69) is 12.2 Å². The van der Waals surface area contributed by atoms with Crippen molar-refractivity contribution in [2.45, 2.75) is 104 Å². The molecule has 0 atom stereocenters. The van der Waals surface area contributed by atoms with Crippen molar-refractivity contribution in [2.75, 3.05) is 0 Å². The maximum absolute atomic E-state index is 11.7. The van der Waals surface area contributed by atoms with Gasteiger partial charge < -0.3 is 5.32 Å². The van der Waals surface area contributed by atoms with Gasteiger partial charge in [0.15, 0.2) is 11.6 Å². The number of nitrogens with one attached hydrogen (secondary N) is 1. The normalized spacial score (nSPS) is 11.2. The molecule has 144 valence electrons. The van der Waals surface area contributed by atoms with E-state index in [9.17, 15) is 14.4 Å². The second kappa shape index (κ2) is 16.0. The summed E-state index contributed by atoms with van der Waals surface area (Å²) >= 11 is 0. The van der Waals surface area contributed by atoms with Crippen molar-refractivity contribution in [3.8, 4) is 0 Å². The van der Waals surface area contributed by atoms with Crippen molar-refractivity contribution >= 4 is 17.5 Å². The number of carbonyl (C=O) groups is 3. The summed E-state index contributed by atoms with van der Waals surface area (Å²) in [5, 5.41) is 2.88. The van der Waals surface area contributed by atoms with Crippen molar-refractivity contribution in [1.29, 1.82) is 0 Å². The van der Waals surface area contributed by atoms with Crippen molar-refractivity contribution in [3.63, 3.8) is 0 Å². The Hall–Kier alpha value is -1.45. The minimum absolute atomic E-state index is 0.0400. The Kier molecular flexibility index (Phi) is 15.1. The van der Waals surface area contributed by atoms with Crippen LogP contribution < -0.4 is 5.32 Å². The highest BCUT2D eigenvalue weighted by Crippen LogP contribution is 2.08. The third-order valence-corrected chi connectivity index (χ3v) is 4.01. The number of rotatable bonds is 16. The van der Waals surface area contributed by atoms with Gasteiger partial charge >= 0.3 is 0 Å². The monoisotopic (exact) mass is 351 g/mol. The summed E-state index contributed by atoms with van der Waals surface area (Å²) in [7, 11) is 0. The van der Waals surface area contributed by atoms with Crippen LogP contribution in [0, 0.1) is 0 Å². The van der Waals surface area contributed by atoms with Gasteiger partial charge in [-0.2, -0.15) is 0 Å². The molecule has 0 aromatic carbocycles. The molecule has 0 unspecified atom stereocenters. The highest BCUT2D eigenvalue weighted by molar-refractivity contribution is 5.98. The van der Waals surface area contributed by atoms with Gasteiger partial charge in [0.05, 0.1) is 0 Å². The highest BCUT2D eigenvalue weighted by atomic mass is 16.1. The van der Waals surface area contributed by atoms with Gasteiger partial charge in [-0.15, -0.1) is 0 Å². The van der Waals surface area contributed by atoms with Crippen LogP contribution >= 0.6 is 0 Å². The molecule has 0 aliphatic carbocycles. The van der Waals surface area contributed by atoms with Crippen molar-refractivity contribution in [1.82, 2.24) is 5.32 Å². The van der Waals surface area contributed by atoms with E-state index in [4.69, 9.17) is 0 Å². The van der Waals surface area contributed by atoms with E-state index in [1.54, 1.807) is 0 Å². The van der Waals surface area contributed by atoms with E-state index < -0.39 is 0 Å². The standard InChI is InChI=1S/C21H37NO3/c1-4-5-6-10-13-19(23)16-17-20(24)14-11-8-7-9-12-15-21(25)22-18(2)3/h16-18H,4-15H2,1-3H3,(H,22,25). The Morgan fingerprint density at radius 2 is 1.16 bits per heavy atom. The molecule has 0 heterocycles. The largest absolute Gasteiger partial charge is 0.354 e. The molecule has 1 amide bonds. The number of hydrogen-bond acceptors (Lipinski definition) is 3. The predicted molar refractivity (Wildman–Crippen MR) is 104 cm³/mol. The van der Waals surface area contributed by atoms with Crippen LogP contribution in [0.25, 0.3) is 0 Å². The lowest BCUT2D eigenvalue weighted by Gasteiger charge is -2.07. The van der Waals surface area contributed by atoms with E-state index in [0.717, 1.165) is 51.4 Å². The zero-order chi connectivity index (χ0) is 18.9. The number of amides is 1. The maximum Gasteiger partial charge on any atom is 0.220 e. The zero-order valence-corrected chi connectivity index (χ0v) is 16.4. The van der Waals surface area contributed by atoms with Crippen LogP contribution in [-0.2, 0) is 14.4 Å². The average Bonchev–Trinajstić information content (AvgIpc) is 2.55. The number of carbonyl (C=O) groups excluding carboxylic acids is 3. The number of unbranched alkanes of at least 4 members (excludes halogenated alkanes) is 7. The molecule has 0 aromatic heterocycles. The zero-order valence-electron chi connectivity index (χ0n) is 16.4. The lowest BCUT2D eigenvalue weighted by molar-refractivity contribution is -0.121. The number of hydrogen-bond donors (Lipinski definition) is 1. The third-order valence-electron chi connectivity index (χ3n) is 4.01. The van der Waals surface area contributed by atoms with E-state index in [-0.39, 0.29) is 23.5 Å². The number of allylic oxidation sites excluding steroid dienone is 2. The molecule has 0 aliphatic heterocycles. The van der Waals surface area contributed by atoms with E-state index >= 15 is 0 Å². The molecule has 0 bridgehead atoms. The van der Waals surface area contributed by atoms with E-state index in [0.29, 0.717) is 19.3 Å². The van der Waals surface area contributed by atoms with Gasteiger partial charge in [-0.05, 0) is 45.3 Å². The molecule has 0 saturated carbocycles. The molecular formula is C21H37NO3. The molecule has 4 nitrogen and oxygen atoms in total. The van der Waals surface area contributed by atoms with Crippen LogP contribution in [0.2, 0.25) is 0 Å². The molecule has 1 N–H and O–H groups in total. The molecule has 25 heavy (non-hydrogen) atoms. The second-order valence-electron chi connectivity index (χ2n) is 7.07. The Labute approximate surface area is 153 Å². The van der Waals surface area contributed by atoms with Crippen LogP contribution in [0.1, 0.15) is 97.8 Å². The molecular weight excluding hydrogens is 314 g/mol. The minimum Gasteiger partial charge on any atom is -0.354 e. The molecule has 4 heteroatoms. The summed E-state index contributed by atoms with van der Waals surface area (Å²) in [5.74, 6) is 0.219. The lowest BCUT2D eigenvalue weighted by Crippen LogP contribution is -2.29. The first-order chi connectivity index (χ1) is 12.0. The molecule has 0 spiro atoms. The molecule has 0 fully saturated rings. The Bertz CT molecular complexity index is 413. The van der Waals surface area contributed by atoms with Gasteiger partial charge in [0.1, 0.15) is 0 Å². The van der Waals surface area contributed by atoms with Gasteiger partial charge in [-0.1, -0.05) is 45.4 Å². The quantitative estimate of drug-likeness (QED) is 0.317. The average molecular weight is 352 g/mol. The molecule has 0 aliphatic rings. The number of ketones is 2. The predicted octanol–water partition coefficient (Wildman–Crippen LogP) is 4.91. The SMILES string of the molecule is CCCCCCC(=O)C=CC(=O)CCCCCCCC(=O)NC(C)C. The first-order valence-electron chi connectivity index (χ1n) is 9.98. The highest BCUT2D eigenvalue weighted by Gasteiger charge is 2.03. The van der Waals surface area contributed by atoms with Crippen LogP contribution in [0.4, 0.5) is 0 Å². The van der Waals surface area contributed by atoms with Crippen LogP contribution in [0.5, 0.6) is 0 Å². The van der Waals surface area contributed by atoms with E-state index in [1.807, 2.05) is 13.8 Å². The topological polar surface area (TPSA) is 63.2 Å². The molecule has 0 rings (SSSR count). The lowest BCUT2D eigenvalue weighted by atomic mass is 10.1. The third kappa shape index (κ3) is 17.2. The summed E-state index contributed by atoms with van der Waals surface area (Å²) in [6.07, 6.45) is 13.7. The summed E-state index contributed by atoms with van der Waals surface area (Å²) < 4.78 is 0. The van der Waals surface area contributed by atoms with Crippen LogP contribution in [0.3, 0.4) is 0 Å². The first-order valence-corrected chi connectivity index (χ1v) is 9.98. The summed E-state index contributed by atoms with van der Waals surface area (Å²) in [5.41, 5.74) is 0. The van der Waals surface area contributed by atoms with Crippen molar-refractivity contribution in [3.05, 3.63) is 12.2 Å². The van der Waals surface area contributed by atoms with Crippen LogP contribution in [0.15, 0.2) is 12.2 Å². The Morgan fingerprint density at radius 1 is 0.720 bits per heavy atom. The molecule has 0 saturated heterocycles. The maximum atomic E-state index is 11.7. The fourth-order valence-corrected chi connectivity index (χ4v) is 2.59. The van der Waals surface area contributed by atoms with Crippen molar-refractivity contribution in [2.24, 2.45) is 0 Å². The van der Waals surface area contributed by atoms with Gasteiger partial charge in [0, 0.05) is 25.3 Å². The summed E-state index contributed by atoms with van der Waals surface area (Å²) in [4.78, 5) is 34.8. The molecule has 0 aromatic rings. The van der Waals surface area contributed by atoms with Crippen LogP contribution in [-0.4, -0.2) is 23.5 Å². The first kappa shape index (κ1) is 23.5. The fourth-order valence-electron chi connectivity index (χ4n) is 2.59. The smallest absolute Gasteiger partial charge is 0.220 e. The van der Waals surface area contributed by atoms with Crippen molar-refractivity contribution < 1.29 is 14.4 Å². The summed E-state index contributed by atoms with van der Waals surface area (Å²) in [6, 6.07) is 0.204. The van der Waals surface area contributed by atoms with Gasteiger partial charge in [0.2, 0.25) is 5.91 Å². The van der Waals surface area contributed by atoms with Gasteiger partial charge in [-0.25, -0.2) is 0 Å². The van der Waals surface area contributed by atoms with Gasteiger partial charge in [-0.3, -0.25) is 14.4 Å². The molecule has 0 radical (unpaired) electrons. The fraction of sp³-hybridized carbons (Fsp3) is 0.762. The van der Waals surface area contributed by atoms with Gasteiger partial charge in [0.25, 0.3) is 0 Å². The second-order valence-corrected chi connectivity index (χ2v) is 7.07. The Morgan fingerprint density at radius 3 is 1.64 bits per heavy atom.